The Morgan fingerprint density at radius 1 is 1.42 bits per heavy atom. The summed E-state index contributed by atoms with van der Waals surface area (Å²) in [6.45, 7) is 3.55. The molecule has 1 N–H and O–H groups in total. The molecule has 1 aromatic carbocycles. The summed E-state index contributed by atoms with van der Waals surface area (Å²) in [5.74, 6) is -0.559. The van der Waals surface area contributed by atoms with E-state index in [9.17, 15) is 9.59 Å². The lowest BCUT2D eigenvalue weighted by atomic mass is 10.1. The number of anilines is 1. The first-order valence-corrected chi connectivity index (χ1v) is 6.00. The highest BCUT2D eigenvalue weighted by molar-refractivity contribution is 5.97. The molecule has 1 fully saturated rings. The molecule has 2 rings (SSSR count). The highest BCUT2D eigenvalue weighted by Crippen LogP contribution is 2.27. The first-order chi connectivity index (χ1) is 9.06. The lowest BCUT2D eigenvalue weighted by Gasteiger charge is -2.31. The summed E-state index contributed by atoms with van der Waals surface area (Å²) < 4.78 is 4.85. The van der Waals surface area contributed by atoms with E-state index in [1.54, 1.807) is 0 Å². The van der Waals surface area contributed by atoms with Crippen LogP contribution in [0.1, 0.15) is 11.1 Å². The molecule has 2 amide bonds. The molecule has 1 aliphatic rings. The van der Waals surface area contributed by atoms with Gasteiger partial charge in [-0.1, -0.05) is 18.2 Å². The van der Waals surface area contributed by atoms with Crippen molar-refractivity contribution in [2.24, 2.45) is 0 Å². The van der Waals surface area contributed by atoms with Gasteiger partial charge in [-0.25, -0.2) is 14.8 Å². The smallest absolute Gasteiger partial charge is 0.429 e. The number of aryl methyl sites for hydroxylation is 2. The van der Waals surface area contributed by atoms with Gasteiger partial charge in [0, 0.05) is 0 Å². The SMILES string of the molecule is Cc1cccc(C)c1N(C(=O)CO)N1CCOC1=O. The molecule has 1 aliphatic heterocycles. The first-order valence-electron chi connectivity index (χ1n) is 6.00. The van der Waals surface area contributed by atoms with Gasteiger partial charge in [0.25, 0.3) is 5.91 Å². The van der Waals surface area contributed by atoms with E-state index in [1.165, 1.54) is 10.0 Å². The van der Waals surface area contributed by atoms with Gasteiger partial charge in [-0.2, -0.15) is 0 Å². The minimum absolute atomic E-state index is 0.235. The van der Waals surface area contributed by atoms with Crippen LogP contribution in [0.2, 0.25) is 0 Å². The van der Waals surface area contributed by atoms with Crippen LogP contribution in [0.25, 0.3) is 0 Å². The van der Waals surface area contributed by atoms with Crippen molar-refractivity contribution in [2.45, 2.75) is 13.8 Å². The highest BCUT2D eigenvalue weighted by Gasteiger charge is 2.33. The Labute approximate surface area is 111 Å². The van der Waals surface area contributed by atoms with Crippen LogP contribution in [0.4, 0.5) is 10.5 Å². The Kier molecular flexibility index (Phi) is 3.71. The van der Waals surface area contributed by atoms with Gasteiger partial charge in [-0.15, -0.1) is 0 Å². The molecule has 6 heteroatoms. The highest BCUT2D eigenvalue weighted by atomic mass is 16.6. The third-order valence-electron chi connectivity index (χ3n) is 3.00. The van der Waals surface area contributed by atoms with Gasteiger partial charge >= 0.3 is 6.09 Å². The van der Waals surface area contributed by atoms with Crippen molar-refractivity contribution in [1.82, 2.24) is 5.01 Å². The Bertz CT molecular complexity index is 495. The molecule has 0 spiro atoms. The Hall–Kier alpha value is -2.08. The molecule has 19 heavy (non-hydrogen) atoms. The number of hydrogen-bond acceptors (Lipinski definition) is 4. The second kappa shape index (κ2) is 5.27. The number of nitrogens with zero attached hydrogens (tertiary/aromatic N) is 2. The van der Waals surface area contributed by atoms with E-state index in [-0.39, 0.29) is 6.61 Å². The van der Waals surface area contributed by atoms with E-state index in [0.717, 1.165) is 11.1 Å². The number of cyclic esters (lactones) is 1. The third-order valence-corrected chi connectivity index (χ3v) is 3.00. The average Bonchev–Trinajstić information content (AvgIpc) is 2.79. The van der Waals surface area contributed by atoms with Gasteiger partial charge in [0.15, 0.2) is 0 Å². The summed E-state index contributed by atoms with van der Waals surface area (Å²) in [6, 6.07) is 5.57. The van der Waals surface area contributed by atoms with Crippen molar-refractivity contribution in [3.8, 4) is 0 Å². The van der Waals surface area contributed by atoms with E-state index in [2.05, 4.69) is 0 Å². The molecule has 6 nitrogen and oxygen atoms in total. The predicted molar refractivity (Wildman–Crippen MR) is 68.5 cm³/mol. The molecule has 0 bridgehead atoms. The zero-order valence-electron chi connectivity index (χ0n) is 10.9. The lowest BCUT2D eigenvalue weighted by molar-refractivity contribution is -0.123. The van der Waals surface area contributed by atoms with Crippen LogP contribution in [0.3, 0.4) is 0 Å². The largest absolute Gasteiger partial charge is 0.446 e. The van der Waals surface area contributed by atoms with Crippen LogP contribution in [-0.2, 0) is 9.53 Å². The second-order valence-corrected chi connectivity index (χ2v) is 4.34. The van der Waals surface area contributed by atoms with Crippen molar-refractivity contribution in [3.63, 3.8) is 0 Å². The third kappa shape index (κ3) is 2.39. The topological polar surface area (TPSA) is 70.1 Å². The van der Waals surface area contributed by atoms with Crippen LogP contribution in [0, 0.1) is 13.8 Å². The zero-order chi connectivity index (χ0) is 14.0. The Morgan fingerprint density at radius 3 is 2.53 bits per heavy atom. The number of ether oxygens (including phenoxy) is 1. The van der Waals surface area contributed by atoms with Gasteiger partial charge in [0.05, 0.1) is 12.2 Å². The Morgan fingerprint density at radius 2 is 2.05 bits per heavy atom. The summed E-state index contributed by atoms with van der Waals surface area (Å²) in [5, 5.41) is 11.5. The fourth-order valence-electron chi connectivity index (χ4n) is 2.15. The first kappa shape index (κ1) is 13.4. The standard InChI is InChI=1S/C13H16N2O4/c1-9-4-3-5-10(2)12(9)15(11(17)8-16)14-6-7-19-13(14)18/h3-5,16H,6-8H2,1-2H3. The maximum Gasteiger partial charge on any atom is 0.429 e. The number of amides is 2. The summed E-state index contributed by atoms with van der Waals surface area (Å²) in [7, 11) is 0. The molecule has 1 aromatic rings. The van der Waals surface area contributed by atoms with E-state index < -0.39 is 18.6 Å². The monoisotopic (exact) mass is 264 g/mol. The Balaban J connectivity index is 2.49. The summed E-state index contributed by atoms with van der Waals surface area (Å²) in [6.07, 6.45) is -0.579. The molecule has 1 heterocycles. The number of carbonyl (C=O) groups excluding carboxylic acids is 2. The number of hydrogen-bond donors (Lipinski definition) is 1. The van der Waals surface area contributed by atoms with Gasteiger partial charge in [0.1, 0.15) is 13.2 Å². The van der Waals surface area contributed by atoms with Crippen LogP contribution in [-0.4, -0.2) is 41.9 Å². The quantitative estimate of drug-likeness (QED) is 0.884. The fourth-order valence-corrected chi connectivity index (χ4v) is 2.15. The predicted octanol–water partition coefficient (Wildman–Crippen LogP) is 0.996. The van der Waals surface area contributed by atoms with Gasteiger partial charge in [0.2, 0.25) is 0 Å². The molecule has 1 saturated heterocycles. The van der Waals surface area contributed by atoms with Gasteiger partial charge in [-0.05, 0) is 25.0 Å². The van der Waals surface area contributed by atoms with Crippen molar-refractivity contribution in [2.75, 3.05) is 24.8 Å². The van der Waals surface area contributed by atoms with E-state index in [4.69, 9.17) is 9.84 Å². The summed E-state index contributed by atoms with van der Waals surface area (Å²) in [5.41, 5.74) is 2.31. The molecule has 102 valence electrons. The number of para-hydroxylation sites is 1. The van der Waals surface area contributed by atoms with Crippen LogP contribution < -0.4 is 5.01 Å². The second-order valence-electron chi connectivity index (χ2n) is 4.34. The molecular formula is C13H16N2O4. The van der Waals surface area contributed by atoms with E-state index in [1.807, 2.05) is 32.0 Å². The molecule has 0 unspecified atom stereocenters. The summed E-state index contributed by atoms with van der Waals surface area (Å²) in [4.78, 5) is 23.6. The average molecular weight is 264 g/mol. The minimum Gasteiger partial charge on any atom is -0.446 e. The van der Waals surface area contributed by atoms with Crippen molar-refractivity contribution in [3.05, 3.63) is 29.3 Å². The number of aliphatic hydroxyl groups is 1. The van der Waals surface area contributed by atoms with Crippen LogP contribution in [0.15, 0.2) is 18.2 Å². The van der Waals surface area contributed by atoms with Crippen molar-refractivity contribution >= 4 is 17.7 Å². The maximum absolute atomic E-state index is 12.0. The normalized spacial score (nSPS) is 14.5. The van der Waals surface area contributed by atoms with Crippen LogP contribution >= 0.6 is 0 Å². The molecular weight excluding hydrogens is 248 g/mol. The van der Waals surface area contributed by atoms with Gasteiger partial charge in [-0.3, -0.25) is 4.79 Å². The number of rotatable bonds is 3. The van der Waals surface area contributed by atoms with E-state index >= 15 is 0 Å². The number of hydrazine groups is 1. The van der Waals surface area contributed by atoms with Crippen molar-refractivity contribution < 1.29 is 19.4 Å². The molecule has 0 aromatic heterocycles. The molecule has 0 atom stereocenters. The summed E-state index contributed by atoms with van der Waals surface area (Å²) >= 11 is 0. The zero-order valence-corrected chi connectivity index (χ0v) is 10.9. The molecule has 0 radical (unpaired) electrons. The fraction of sp³-hybridized carbons (Fsp3) is 0.385. The maximum atomic E-state index is 12.0. The lowest BCUT2D eigenvalue weighted by Crippen LogP contribution is -2.49. The number of benzene rings is 1. The minimum atomic E-state index is -0.669. The molecule has 0 saturated carbocycles. The number of aliphatic hydroxyl groups excluding tert-OH is 1. The molecule has 0 aliphatic carbocycles. The van der Waals surface area contributed by atoms with Crippen molar-refractivity contribution in [1.29, 1.82) is 0 Å². The van der Waals surface area contributed by atoms with Gasteiger partial charge < -0.3 is 9.84 Å². The van der Waals surface area contributed by atoms with Crippen LogP contribution in [0.5, 0.6) is 0 Å². The van der Waals surface area contributed by atoms with E-state index in [0.29, 0.717) is 12.2 Å². The number of carbonyl (C=O) groups is 2.